The van der Waals surface area contributed by atoms with Crippen LogP contribution in [-0.4, -0.2) is 10.8 Å². The van der Waals surface area contributed by atoms with Crippen LogP contribution < -0.4 is 4.74 Å². The molecule has 2 aromatic rings. The lowest BCUT2D eigenvalue weighted by molar-refractivity contribution is 0.0994. The van der Waals surface area contributed by atoms with Crippen LogP contribution in [0.1, 0.15) is 39.7 Å². The third-order valence-corrected chi connectivity index (χ3v) is 3.46. The zero-order valence-corrected chi connectivity index (χ0v) is 11.0. The third-order valence-electron chi connectivity index (χ3n) is 3.46. The Hall–Kier alpha value is -2.10. The summed E-state index contributed by atoms with van der Waals surface area (Å²) in [4.78, 5) is 15.9. The average molecular weight is 257 g/mol. The molecule has 0 amide bonds. The number of carbonyl (C=O) groups excluding carboxylic acids is 1. The minimum atomic E-state index is 0.197. The number of benzene rings is 1. The number of ether oxygens (including phenoxy) is 1. The van der Waals surface area contributed by atoms with Crippen molar-refractivity contribution >= 4 is 5.78 Å². The number of carbonyl (C=O) groups is 1. The molecule has 0 fully saturated rings. The molecule has 1 aliphatic rings. The van der Waals surface area contributed by atoms with Gasteiger partial charge in [-0.2, -0.15) is 0 Å². The van der Waals surface area contributed by atoms with Gasteiger partial charge in [-0.3, -0.25) is 4.79 Å². The first-order valence-electron chi connectivity index (χ1n) is 6.36. The van der Waals surface area contributed by atoms with Crippen molar-refractivity contribution in [3.05, 3.63) is 46.7 Å². The van der Waals surface area contributed by atoms with E-state index in [0.717, 1.165) is 34.8 Å². The van der Waals surface area contributed by atoms with Gasteiger partial charge in [-0.15, -0.1) is 0 Å². The Labute approximate surface area is 111 Å². The molecule has 98 valence electrons. The lowest BCUT2D eigenvalue weighted by atomic mass is 10.1. The number of oxazole rings is 1. The predicted molar refractivity (Wildman–Crippen MR) is 69.4 cm³/mol. The van der Waals surface area contributed by atoms with Gasteiger partial charge in [0.1, 0.15) is 11.5 Å². The Morgan fingerprint density at radius 3 is 2.89 bits per heavy atom. The molecule has 3 rings (SSSR count). The maximum atomic E-state index is 11.7. The van der Waals surface area contributed by atoms with Crippen molar-refractivity contribution in [3.8, 4) is 5.75 Å². The van der Waals surface area contributed by atoms with Crippen molar-refractivity contribution in [2.24, 2.45) is 0 Å². The molecular weight excluding hydrogens is 242 g/mol. The van der Waals surface area contributed by atoms with Crippen molar-refractivity contribution in [1.82, 2.24) is 4.98 Å². The van der Waals surface area contributed by atoms with Gasteiger partial charge in [0.15, 0.2) is 12.4 Å². The molecule has 4 nitrogen and oxygen atoms in total. The molecule has 0 unspecified atom stereocenters. The summed E-state index contributed by atoms with van der Waals surface area (Å²) >= 11 is 0. The maximum Gasteiger partial charge on any atom is 0.232 e. The second-order valence-corrected chi connectivity index (χ2v) is 4.74. The van der Waals surface area contributed by atoms with Crippen LogP contribution in [-0.2, 0) is 13.0 Å². The Bertz CT molecular complexity index is 623. The van der Waals surface area contributed by atoms with Crippen LogP contribution in [0.15, 0.2) is 22.6 Å². The topological polar surface area (TPSA) is 52.3 Å². The first kappa shape index (κ1) is 12.0. The highest BCUT2D eigenvalue weighted by Gasteiger charge is 2.22. The second kappa shape index (κ2) is 4.53. The molecule has 4 heteroatoms. The molecule has 0 atom stereocenters. The summed E-state index contributed by atoms with van der Waals surface area (Å²) < 4.78 is 11.2. The first-order chi connectivity index (χ1) is 9.15. The van der Waals surface area contributed by atoms with Crippen LogP contribution in [0.3, 0.4) is 0 Å². The number of aryl methyl sites for hydroxylation is 2. The minimum absolute atomic E-state index is 0.197. The van der Waals surface area contributed by atoms with E-state index in [-0.39, 0.29) is 5.78 Å². The summed E-state index contributed by atoms with van der Waals surface area (Å²) in [6.07, 6.45) is 1.33. The van der Waals surface area contributed by atoms with E-state index in [0.29, 0.717) is 18.9 Å². The zero-order chi connectivity index (χ0) is 13.4. The highest BCUT2D eigenvalue weighted by Crippen LogP contribution is 2.30. The molecule has 19 heavy (non-hydrogen) atoms. The standard InChI is InChI=1S/C15H15NO3/c1-9-10(2)19-15(16-9)8-18-14-5-3-4-11-12(14)6-7-13(11)17/h3-5H,6-8H2,1-2H3. The molecule has 0 saturated carbocycles. The van der Waals surface area contributed by atoms with Crippen LogP contribution in [0, 0.1) is 13.8 Å². The second-order valence-electron chi connectivity index (χ2n) is 4.74. The lowest BCUT2D eigenvalue weighted by Crippen LogP contribution is -1.99. The van der Waals surface area contributed by atoms with E-state index >= 15 is 0 Å². The fourth-order valence-corrected chi connectivity index (χ4v) is 2.33. The highest BCUT2D eigenvalue weighted by molar-refractivity contribution is 6.01. The zero-order valence-electron chi connectivity index (χ0n) is 11.0. The minimum Gasteiger partial charge on any atom is -0.484 e. The van der Waals surface area contributed by atoms with Crippen molar-refractivity contribution < 1.29 is 13.9 Å². The largest absolute Gasteiger partial charge is 0.484 e. The quantitative estimate of drug-likeness (QED) is 0.848. The predicted octanol–water partition coefficient (Wildman–Crippen LogP) is 3.00. The van der Waals surface area contributed by atoms with Crippen molar-refractivity contribution in [1.29, 1.82) is 0 Å². The Balaban J connectivity index is 1.79. The molecule has 0 aliphatic heterocycles. The molecule has 0 radical (unpaired) electrons. The summed E-state index contributed by atoms with van der Waals surface area (Å²) in [5.74, 6) is 2.34. The molecule has 0 spiro atoms. The van der Waals surface area contributed by atoms with E-state index in [9.17, 15) is 4.79 Å². The van der Waals surface area contributed by atoms with E-state index in [2.05, 4.69) is 4.98 Å². The third kappa shape index (κ3) is 2.14. The van der Waals surface area contributed by atoms with Crippen LogP contribution >= 0.6 is 0 Å². The SMILES string of the molecule is Cc1nc(COc2cccc3c2CCC3=O)oc1C. The van der Waals surface area contributed by atoms with Crippen molar-refractivity contribution in [3.63, 3.8) is 0 Å². The molecule has 0 saturated heterocycles. The molecule has 1 heterocycles. The number of rotatable bonds is 3. The van der Waals surface area contributed by atoms with Crippen LogP contribution in [0.25, 0.3) is 0 Å². The van der Waals surface area contributed by atoms with Crippen LogP contribution in [0.2, 0.25) is 0 Å². The normalized spacial score (nSPS) is 13.7. The van der Waals surface area contributed by atoms with Crippen molar-refractivity contribution in [2.45, 2.75) is 33.3 Å². The number of hydrogen-bond acceptors (Lipinski definition) is 4. The molecule has 1 aromatic carbocycles. The van der Waals surface area contributed by atoms with E-state index in [1.807, 2.05) is 32.0 Å². The molecule has 1 aliphatic carbocycles. The van der Waals surface area contributed by atoms with Crippen molar-refractivity contribution in [2.75, 3.05) is 0 Å². The fourth-order valence-electron chi connectivity index (χ4n) is 2.33. The summed E-state index contributed by atoms with van der Waals surface area (Å²) in [7, 11) is 0. The molecule has 0 N–H and O–H groups in total. The number of nitrogens with zero attached hydrogens (tertiary/aromatic N) is 1. The van der Waals surface area contributed by atoms with Gasteiger partial charge in [0, 0.05) is 17.5 Å². The number of ketones is 1. The molecule has 0 bridgehead atoms. The monoisotopic (exact) mass is 257 g/mol. The summed E-state index contributed by atoms with van der Waals surface area (Å²) in [6, 6.07) is 5.60. The summed E-state index contributed by atoms with van der Waals surface area (Å²) in [5, 5.41) is 0. The first-order valence-corrected chi connectivity index (χ1v) is 6.36. The highest BCUT2D eigenvalue weighted by atomic mass is 16.5. The van der Waals surface area contributed by atoms with Gasteiger partial charge in [-0.1, -0.05) is 12.1 Å². The van der Waals surface area contributed by atoms with E-state index in [1.54, 1.807) is 0 Å². The average Bonchev–Trinajstić information content (AvgIpc) is 2.92. The summed E-state index contributed by atoms with van der Waals surface area (Å²) in [6.45, 7) is 4.07. The smallest absolute Gasteiger partial charge is 0.232 e. The maximum absolute atomic E-state index is 11.7. The van der Waals surface area contributed by atoms with Gasteiger partial charge in [-0.05, 0) is 26.3 Å². The number of fused-ring (bicyclic) bond motifs is 1. The van der Waals surface area contributed by atoms with E-state index in [1.165, 1.54) is 0 Å². The van der Waals surface area contributed by atoms with Gasteiger partial charge in [0.05, 0.1) is 5.69 Å². The van der Waals surface area contributed by atoms with Crippen LogP contribution in [0.4, 0.5) is 0 Å². The Kier molecular flexibility index (Phi) is 2.85. The van der Waals surface area contributed by atoms with Gasteiger partial charge >= 0.3 is 0 Å². The van der Waals surface area contributed by atoms with E-state index in [4.69, 9.17) is 9.15 Å². The van der Waals surface area contributed by atoms with Gasteiger partial charge in [0.2, 0.25) is 5.89 Å². The van der Waals surface area contributed by atoms with Gasteiger partial charge in [-0.25, -0.2) is 4.98 Å². The Morgan fingerprint density at radius 2 is 2.16 bits per heavy atom. The Morgan fingerprint density at radius 1 is 1.32 bits per heavy atom. The molecule has 1 aromatic heterocycles. The molecular formula is C15H15NO3. The fraction of sp³-hybridized carbons (Fsp3) is 0.333. The number of aromatic nitrogens is 1. The number of hydrogen-bond donors (Lipinski definition) is 0. The van der Waals surface area contributed by atoms with Crippen LogP contribution in [0.5, 0.6) is 5.75 Å². The van der Waals surface area contributed by atoms with Gasteiger partial charge < -0.3 is 9.15 Å². The lowest BCUT2D eigenvalue weighted by Gasteiger charge is -2.08. The van der Waals surface area contributed by atoms with Gasteiger partial charge in [0.25, 0.3) is 0 Å². The number of Topliss-reactive ketones (excluding diaryl/α,β-unsaturated/α-hetero) is 1. The summed E-state index contributed by atoms with van der Waals surface area (Å²) in [5.41, 5.74) is 2.68. The van der Waals surface area contributed by atoms with E-state index < -0.39 is 0 Å².